The summed E-state index contributed by atoms with van der Waals surface area (Å²) in [5.41, 5.74) is 3.36. The first kappa shape index (κ1) is 21.9. The van der Waals surface area contributed by atoms with Gasteiger partial charge in [-0.3, -0.25) is 9.69 Å². The molecule has 1 heterocycles. The first-order chi connectivity index (χ1) is 14.8. The SMILES string of the molecule is C[C@@H]1CCCC[C@H]1N1C(=O)/C(=C/c2ccc(C(C)(C)C)cc2)SC1=Nc1ccccc1. The van der Waals surface area contributed by atoms with Crippen LogP contribution in [0.2, 0.25) is 0 Å². The van der Waals surface area contributed by atoms with Crippen LogP contribution in [0.1, 0.15) is 64.5 Å². The Bertz CT molecular complexity index is 986. The molecule has 0 bridgehead atoms. The zero-order valence-electron chi connectivity index (χ0n) is 19.0. The van der Waals surface area contributed by atoms with Gasteiger partial charge in [0.05, 0.1) is 10.6 Å². The Hall–Kier alpha value is -2.33. The van der Waals surface area contributed by atoms with E-state index in [1.54, 1.807) is 0 Å². The second kappa shape index (κ2) is 9.04. The first-order valence-electron chi connectivity index (χ1n) is 11.3. The standard InChI is InChI=1S/C27H32N2OS/c1-19-10-8-9-13-23(19)29-25(30)24(31-26(29)28-22-11-6-5-7-12-22)18-20-14-16-21(17-15-20)27(2,3)4/h5-7,11-12,14-19,23H,8-10,13H2,1-4H3/b24-18-,28-26?/t19-,23-/m1/s1. The van der Waals surface area contributed by atoms with Crippen LogP contribution in [-0.2, 0) is 10.2 Å². The van der Waals surface area contributed by atoms with Crippen LogP contribution in [0.5, 0.6) is 0 Å². The van der Waals surface area contributed by atoms with Crippen LogP contribution >= 0.6 is 11.8 Å². The van der Waals surface area contributed by atoms with Gasteiger partial charge in [0, 0.05) is 6.04 Å². The van der Waals surface area contributed by atoms with Gasteiger partial charge in [-0.25, -0.2) is 4.99 Å². The van der Waals surface area contributed by atoms with Crippen LogP contribution in [0.15, 0.2) is 64.5 Å². The van der Waals surface area contributed by atoms with E-state index < -0.39 is 0 Å². The molecule has 1 amide bonds. The third-order valence-electron chi connectivity index (χ3n) is 6.29. The second-order valence-electron chi connectivity index (χ2n) is 9.72. The molecule has 2 fully saturated rings. The number of amides is 1. The van der Waals surface area contributed by atoms with Gasteiger partial charge in [0.1, 0.15) is 0 Å². The smallest absolute Gasteiger partial charge is 0.267 e. The van der Waals surface area contributed by atoms with Gasteiger partial charge in [0.15, 0.2) is 5.17 Å². The number of carbonyl (C=O) groups excluding carboxylic acids is 1. The van der Waals surface area contributed by atoms with Crippen molar-refractivity contribution >= 4 is 34.6 Å². The maximum Gasteiger partial charge on any atom is 0.267 e. The number of amidine groups is 1. The van der Waals surface area contributed by atoms with Crippen LogP contribution in [0.25, 0.3) is 6.08 Å². The maximum absolute atomic E-state index is 13.5. The molecule has 1 saturated carbocycles. The van der Waals surface area contributed by atoms with Crippen molar-refractivity contribution in [1.82, 2.24) is 4.90 Å². The fraction of sp³-hybridized carbons (Fsp3) is 0.407. The van der Waals surface area contributed by atoms with Crippen molar-refractivity contribution in [2.24, 2.45) is 10.9 Å². The summed E-state index contributed by atoms with van der Waals surface area (Å²) >= 11 is 1.51. The fourth-order valence-corrected chi connectivity index (χ4v) is 5.43. The van der Waals surface area contributed by atoms with Crippen molar-refractivity contribution in [3.8, 4) is 0 Å². The number of aliphatic imine (C=N–C) groups is 1. The predicted molar refractivity (Wildman–Crippen MR) is 133 cm³/mol. The Balaban J connectivity index is 1.68. The molecule has 0 N–H and O–H groups in total. The van der Waals surface area contributed by atoms with E-state index in [4.69, 9.17) is 4.99 Å². The lowest BCUT2D eigenvalue weighted by molar-refractivity contribution is -0.124. The van der Waals surface area contributed by atoms with Crippen molar-refractivity contribution < 1.29 is 4.79 Å². The highest BCUT2D eigenvalue weighted by Crippen LogP contribution is 2.40. The third kappa shape index (κ3) is 4.95. The topological polar surface area (TPSA) is 32.7 Å². The highest BCUT2D eigenvalue weighted by atomic mass is 32.2. The number of rotatable bonds is 3. The van der Waals surface area contributed by atoms with E-state index in [-0.39, 0.29) is 17.4 Å². The van der Waals surface area contributed by atoms with Crippen LogP contribution in [0.4, 0.5) is 5.69 Å². The summed E-state index contributed by atoms with van der Waals surface area (Å²) in [4.78, 5) is 21.2. The van der Waals surface area contributed by atoms with E-state index in [1.165, 1.54) is 36.6 Å². The lowest BCUT2D eigenvalue weighted by atomic mass is 9.85. The fourth-order valence-electron chi connectivity index (χ4n) is 4.38. The molecular formula is C27H32N2OS. The molecule has 4 rings (SSSR count). The van der Waals surface area contributed by atoms with Gasteiger partial charge in [-0.2, -0.15) is 0 Å². The average Bonchev–Trinajstić information content (AvgIpc) is 3.03. The molecule has 1 aliphatic heterocycles. The maximum atomic E-state index is 13.5. The normalized spacial score (nSPS) is 24.9. The Kier molecular flexibility index (Phi) is 6.38. The second-order valence-corrected chi connectivity index (χ2v) is 10.7. The molecule has 2 aromatic carbocycles. The van der Waals surface area contributed by atoms with Crippen molar-refractivity contribution in [1.29, 1.82) is 0 Å². The molecule has 162 valence electrons. The van der Waals surface area contributed by atoms with Gasteiger partial charge in [-0.15, -0.1) is 0 Å². The quantitative estimate of drug-likeness (QED) is 0.482. The number of benzene rings is 2. The van der Waals surface area contributed by atoms with E-state index in [1.807, 2.05) is 41.3 Å². The van der Waals surface area contributed by atoms with Gasteiger partial charge in [0.2, 0.25) is 0 Å². The van der Waals surface area contributed by atoms with Crippen LogP contribution in [0, 0.1) is 5.92 Å². The molecule has 4 heteroatoms. The van der Waals surface area contributed by atoms with Gasteiger partial charge < -0.3 is 0 Å². The third-order valence-corrected chi connectivity index (χ3v) is 7.27. The van der Waals surface area contributed by atoms with Crippen LogP contribution in [-0.4, -0.2) is 22.0 Å². The number of nitrogens with zero attached hydrogens (tertiary/aromatic N) is 2. The van der Waals surface area contributed by atoms with Crippen LogP contribution < -0.4 is 0 Å². The molecule has 2 aromatic rings. The van der Waals surface area contributed by atoms with E-state index >= 15 is 0 Å². The lowest BCUT2D eigenvalue weighted by Gasteiger charge is -2.35. The Morgan fingerprint density at radius 1 is 1.00 bits per heavy atom. The minimum atomic E-state index is 0.0957. The van der Waals surface area contributed by atoms with Crippen molar-refractivity contribution in [3.05, 3.63) is 70.6 Å². The van der Waals surface area contributed by atoms with E-state index in [0.29, 0.717) is 5.92 Å². The molecule has 0 radical (unpaired) electrons. The summed E-state index contributed by atoms with van der Waals surface area (Å²) in [6, 6.07) is 18.7. The van der Waals surface area contributed by atoms with Crippen molar-refractivity contribution in [3.63, 3.8) is 0 Å². The minimum Gasteiger partial charge on any atom is -0.283 e. The summed E-state index contributed by atoms with van der Waals surface area (Å²) in [6.07, 6.45) is 6.67. The summed E-state index contributed by atoms with van der Waals surface area (Å²) in [7, 11) is 0. The number of carbonyl (C=O) groups is 1. The molecule has 31 heavy (non-hydrogen) atoms. The van der Waals surface area contributed by atoms with E-state index in [9.17, 15) is 4.79 Å². The lowest BCUT2D eigenvalue weighted by Crippen LogP contribution is -2.44. The zero-order chi connectivity index (χ0) is 22.0. The molecule has 2 aliphatic rings. The van der Waals surface area contributed by atoms with Gasteiger partial charge in [-0.1, -0.05) is 83.0 Å². The van der Waals surface area contributed by atoms with Gasteiger partial charge in [0.25, 0.3) is 5.91 Å². The van der Waals surface area contributed by atoms with Crippen molar-refractivity contribution in [2.45, 2.75) is 64.8 Å². The summed E-state index contributed by atoms with van der Waals surface area (Å²) in [5.74, 6) is 0.586. The highest BCUT2D eigenvalue weighted by molar-refractivity contribution is 8.18. The molecule has 1 saturated heterocycles. The van der Waals surface area contributed by atoms with Gasteiger partial charge in [-0.05, 0) is 65.3 Å². The number of para-hydroxylation sites is 1. The Morgan fingerprint density at radius 2 is 1.68 bits per heavy atom. The molecule has 3 nitrogen and oxygen atoms in total. The number of hydrogen-bond donors (Lipinski definition) is 0. The molecular weight excluding hydrogens is 400 g/mol. The first-order valence-corrected chi connectivity index (χ1v) is 12.1. The van der Waals surface area contributed by atoms with E-state index in [2.05, 4.69) is 52.0 Å². The van der Waals surface area contributed by atoms with E-state index in [0.717, 1.165) is 27.7 Å². The molecule has 1 aliphatic carbocycles. The predicted octanol–water partition coefficient (Wildman–Crippen LogP) is 7.17. The van der Waals surface area contributed by atoms with Crippen LogP contribution in [0.3, 0.4) is 0 Å². The molecule has 0 aromatic heterocycles. The molecule has 2 atom stereocenters. The zero-order valence-corrected chi connectivity index (χ0v) is 19.8. The average molecular weight is 433 g/mol. The summed E-state index contributed by atoms with van der Waals surface area (Å²) < 4.78 is 0. The number of thioether (sulfide) groups is 1. The Morgan fingerprint density at radius 3 is 2.32 bits per heavy atom. The summed E-state index contributed by atoms with van der Waals surface area (Å²) in [5, 5.41) is 0.813. The number of hydrogen-bond acceptors (Lipinski definition) is 3. The highest BCUT2D eigenvalue weighted by Gasteiger charge is 2.41. The molecule has 0 spiro atoms. The monoisotopic (exact) mass is 432 g/mol. The largest absolute Gasteiger partial charge is 0.283 e. The molecule has 0 unspecified atom stereocenters. The van der Waals surface area contributed by atoms with Crippen molar-refractivity contribution in [2.75, 3.05) is 0 Å². The Labute approximate surface area is 190 Å². The summed E-state index contributed by atoms with van der Waals surface area (Å²) in [6.45, 7) is 8.92. The van der Waals surface area contributed by atoms with Gasteiger partial charge >= 0.3 is 0 Å². The minimum absolute atomic E-state index is 0.0957.